The number of ether oxygens (including phenoxy) is 1. The van der Waals surface area contributed by atoms with E-state index in [1.165, 1.54) is 5.56 Å². The highest BCUT2D eigenvalue weighted by molar-refractivity contribution is 5.94. The van der Waals surface area contributed by atoms with Gasteiger partial charge in [0.05, 0.1) is 13.2 Å². The molecule has 1 atom stereocenters. The molecule has 1 aliphatic rings. The van der Waals surface area contributed by atoms with Crippen LogP contribution in [-0.2, 0) is 16.1 Å². The van der Waals surface area contributed by atoms with Crippen molar-refractivity contribution in [1.82, 2.24) is 9.47 Å². The highest BCUT2D eigenvalue weighted by Gasteiger charge is 2.25. The Morgan fingerprint density at radius 1 is 1.28 bits per heavy atom. The third kappa shape index (κ3) is 4.35. The Morgan fingerprint density at radius 3 is 2.76 bits per heavy atom. The van der Waals surface area contributed by atoms with Crippen LogP contribution in [0.2, 0.25) is 0 Å². The molecule has 1 aromatic carbocycles. The van der Waals surface area contributed by atoms with E-state index in [1.54, 1.807) is 22.9 Å². The average Bonchev–Trinajstić information content (AvgIpc) is 2.60. The molecule has 1 aromatic heterocycles. The number of morpholine rings is 1. The van der Waals surface area contributed by atoms with Gasteiger partial charge in [-0.15, -0.1) is 0 Å². The number of aryl methyl sites for hydroxylation is 1. The average molecular weight is 341 g/mol. The summed E-state index contributed by atoms with van der Waals surface area (Å²) in [6, 6.07) is 11.4. The van der Waals surface area contributed by atoms with Crippen molar-refractivity contribution < 1.29 is 9.53 Å². The molecule has 6 heteroatoms. The Kier molecular flexibility index (Phi) is 5.31. The zero-order valence-corrected chi connectivity index (χ0v) is 14.6. The molecule has 25 heavy (non-hydrogen) atoms. The fourth-order valence-electron chi connectivity index (χ4n) is 2.80. The van der Waals surface area contributed by atoms with E-state index in [9.17, 15) is 9.59 Å². The minimum atomic E-state index is -0.552. The molecule has 0 unspecified atom stereocenters. The number of rotatable bonds is 4. The third-order valence-electron chi connectivity index (χ3n) is 4.31. The number of carbonyl (C=O) groups excluding carboxylic acids is 1. The first kappa shape index (κ1) is 17.4. The number of nitrogens with one attached hydrogen (secondary N) is 1. The minimum Gasteiger partial charge on any atom is -0.366 e. The number of nitrogens with zero attached hydrogens (tertiary/aromatic N) is 2. The van der Waals surface area contributed by atoms with E-state index in [0.29, 0.717) is 19.7 Å². The van der Waals surface area contributed by atoms with Crippen LogP contribution in [0.1, 0.15) is 11.1 Å². The standard InChI is InChI=1S/C19H23N3O3/c1-14-5-7-15(8-6-14)12-22-9-3-4-16(19(22)24)20-18(23)17-13-21(2)10-11-25-17/h3-9,17H,10-13H2,1-2H3,(H,20,23)/t17-/m0/s1. The summed E-state index contributed by atoms with van der Waals surface area (Å²) < 4.78 is 7.09. The maximum atomic E-state index is 12.6. The van der Waals surface area contributed by atoms with Crippen LogP contribution in [0.15, 0.2) is 47.4 Å². The molecule has 2 heterocycles. The predicted octanol–water partition coefficient (Wildman–Crippen LogP) is 1.47. The van der Waals surface area contributed by atoms with Crippen LogP contribution in [0.3, 0.4) is 0 Å². The highest BCUT2D eigenvalue weighted by Crippen LogP contribution is 2.08. The van der Waals surface area contributed by atoms with Gasteiger partial charge in [0, 0.05) is 19.3 Å². The van der Waals surface area contributed by atoms with Crippen molar-refractivity contribution >= 4 is 11.6 Å². The van der Waals surface area contributed by atoms with Crippen LogP contribution in [0.5, 0.6) is 0 Å². The normalized spacial score (nSPS) is 18.1. The maximum Gasteiger partial charge on any atom is 0.274 e. The van der Waals surface area contributed by atoms with Crippen LogP contribution in [0.4, 0.5) is 5.69 Å². The number of anilines is 1. The summed E-state index contributed by atoms with van der Waals surface area (Å²) in [6.07, 6.45) is 1.17. The van der Waals surface area contributed by atoms with Gasteiger partial charge in [0.25, 0.3) is 11.5 Å². The Bertz CT molecular complexity index is 798. The van der Waals surface area contributed by atoms with Gasteiger partial charge in [-0.1, -0.05) is 29.8 Å². The smallest absolute Gasteiger partial charge is 0.274 e. The number of pyridine rings is 1. The molecule has 1 fully saturated rings. The zero-order chi connectivity index (χ0) is 17.8. The SMILES string of the molecule is Cc1ccc(Cn2cccc(NC(=O)[C@@H]3CN(C)CCO3)c2=O)cc1. The molecule has 1 saturated heterocycles. The van der Waals surface area contributed by atoms with Gasteiger partial charge in [0.1, 0.15) is 11.8 Å². The van der Waals surface area contributed by atoms with Crippen molar-refractivity contribution in [3.8, 4) is 0 Å². The fraction of sp³-hybridized carbons (Fsp3) is 0.368. The van der Waals surface area contributed by atoms with Crippen LogP contribution >= 0.6 is 0 Å². The van der Waals surface area contributed by atoms with E-state index in [-0.39, 0.29) is 17.2 Å². The number of aromatic nitrogens is 1. The lowest BCUT2D eigenvalue weighted by Crippen LogP contribution is -2.46. The molecule has 0 radical (unpaired) electrons. The molecule has 3 rings (SSSR count). The van der Waals surface area contributed by atoms with Gasteiger partial charge >= 0.3 is 0 Å². The molecular formula is C19H23N3O3. The number of likely N-dealkylation sites (N-methyl/N-ethyl adjacent to an activating group) is 1. The molecule has 0 saturated carbocycles. The molecule has 0 aliphatic carbocycles. The van der Waals surface area contributed by atoms with Crippen LogP contribution in [0.25, 0.3) is 0 Å². The first-order chi connectivity index (χ1) is 12.0. The topological polar surface area (TPSA) is 63.6 Å². The number of hydrogen-bond acceptors (Lipinski definition) is 4. The number of benzene rings is 1. The van der Waals surface area contributed by atoms with Gasteiger partial charge in [-0.05, 0) is 31.7 Å². The molecule has 1 amide bonds. The van der Waals surface area contributed by atoms with E-state index >= 15 is 0 Å². The van der Waals surface area contributed by atoms with Crippen molar-refractivity contribution in [2.45, 2.75) is 19.6 Å². The first-order valence-corrected chi connectivity index (χ1v) is 8.39. The minimum absolute atomic E-state index is 0.222. The van der Waals surface area contributed by atoms with Gasteiger partial charge in [0.2, 0.25) is 0 Å². The van der Waals surface area contributed by atoms with Crippen molar-refractivity contribution in [2.24, 2.45) is 0 Å². The molecule has 0 bridgehead atoms. The molecule has 0 spiro atoms. The number of hydrogen-bond donors (Lipinski definition) is 1. The van der Waals surface area contributed by atoms with Crippen molar-refractivity contribution in [2.75, 3.05) is 32.1 Å². The van der Waals surface area contributed by atoms with Crippen molar-refractivity contribution in [3.05, 3.63) is 64.1 Å². The summed E-state index contributed by atoms with van der Waals surface area (Å²) in [5.41, 5.74) is 2.26. The largest absolute Gasteiger partial charge is 0.366 e. The van der Waals surface area contributed by atoms with Gasteiger partial charge < -0.3 is 19.5 Å². The molecule has 6 nitrogen and oxygen atoms in total. The monoisotopic (exact) mass is 341 g/mol. The second kappa shape index (κ2) is 7.63. The van der Waals surface area contributed by atoms with E-state index in [2.05, 4.69) is 5.32 Å². The first-order valence-electron chi connectivity index (χ1n) is 8.39. The molecule has 132 valence electrons. The second-order valence-electron chi connectivity index (χ2n) is 6.45. The van der Waals surface area contributed by atoms with Gasteiger partial charge in [-0.3, -0.25) is 9.59 Å². The predicted molar refractivity (Wildman–Crippen MR) is 96.8 cm³/mol. The van der Waals surface area contributed by atoms with Gasteiger partial charge in [-0.25, -0.2) is 0 Å². The quantitative estimate of drug-likeness (QED) is 0.915. The summed E-state index contributed by atoms with van der Waals surface area (Å²) in [6.45, 7) is 4.33. The molecule has 2 aromatic rings. The molecule has 1 N–H and O–H groups in total. The van der Waals surface area contributed by atoms with Crippen molar-refractivity contribution in [3.63, 3.8) is 0 Å². The molecular weight excluding hydrogens is 318 g/mol. The third-order valence-corrected chi connectivity index (χ3v) is 4.31. The van der Waals surface area contributed by atoms with Crippen molar-refractivity contribution in [1.29, 1.82) is 0 Å². The Labute approximate surface area is 147 Å². The lowest BCUT2D eigenvalue weighted by molar-refractivity contribution is -0.132. The Balaban J connectivity index is 1.73. The Hall–Kier alpha value is -2.44. The summed E-state index contributed by atoms with van der Waals surface area (Å²) in [4.78, 5) is 27.0. The number of carbonyl (C=O) groups is 1. The Morgan fingerprint density at radius 2 is 2.04 bits per heavy atom. The van der Waals surface area contributed by atoms with E-state index < -0.39 is 6.10 Å². The summed E-state index contributed by atoms with van der Waals surface area (Å²) in [5.74, 6) is -0.281. The van der Waals surface area contributed by atoms with Crippen LogP contribution in [0, 0.1) is 6.92 Å². The van der Waals surface area contributed by atoms with E-state index in [1.807, 2.05) is 43.1 Å². The summed E-state index contributed by atoms with van der Waals surface area (Å²) in [5, 5.41) is 2.71. The van der Waals surface area contributed by atoms with E-state index in [4.69, 9.17) is 4.74 Å². The second-order valence-corrected chi connectivity index (χ2v) is 6.45. The fourth-order valence-corrected chi connectivity index (χ4v) is 2.80. The zero-order valence-electron chi connectivity index (χ0n) is 14.6. The highest BCUT2D eigenvalue weighted by atomic mass is 16.5. The summed E-state index contributed by atoms with van der Waals surface area (Å²) >= 11 is 0. The van der Waals surface area contributed by atoms with Crippen LogP contribution in [-0.4, -0.2) is 48.2 Å². The van der Waals surface area contributed by atoms with E-state index in [0.717, 1.165) is 12.1 Å². The lowest BCUT2D eigenvalue weighted by atomic mass is 10.1. The van der Waals surface area contributed by atoms with Crippen LogP contribution < -0.4 is 10.9 Å². The van der Waals surface area contributed by atoms with Gasteiger partial charge in [-0.2, -0.15) is 0 Å². The maximum absolute atomic E-state index is 12.6. The summed E-state index contributed by atoms with van der Waals surface area (Å²) in [7, 11) is 1.94. The molecule has 1 aliphatic heterocycles. The number of amides is 1. The lowest BCUT2D eigenvalue weighted by Gasteiger charge is -2.29. The van der Waals surface area contributed by atoms with Gasteiger partial charge in [0.15, 0.2) is 0 Å².